The van der Waals surface area contributed by atoms with E-state index in [-0.39, 0.29) is 0 Å². The number of benzene rings is 3. The van der Waals surface area contributed by atoms with Crippen LogP contribution in [0.4, 0.5) is 0 Å². The summed E-state index contributed by atoms with van der Waals surface area (Å²) in [5.41, 5.74) is 9.31. The maximum Gasteiger partial charge on any atom is 0.106 e. The Labute approximate surface area is 202 Å². The standard InChI is InChI=1S/C30H23BrN2/c1-3-4-13-28-21(2)25-12-8-9-14-29(25)33(28)24-17-15-23(16-18-24)27-20-32-30(31)19-26(27)22-10-6-5-7-11-22/h3-20H,1H2,2H3/b13-4-. The number of hydrogen-bond donors (Lipinski definition) is 0. The van der Waals surface area contributed by atoms with Crippen LogP contribution in [0.1, 0.15) is 11.3 Å². The Morgan fingerprint density at radius 1 is 0.848 bits per heavy atom. The van der Waals surface area contributed by atoms with E-state index in [1.54, 1.807) is 0 Å². The zero-order chi connectivity index (χ0) is 22.8. The van der Waals surface area contributed by atoms with Crippen LogP contribution in [0.5, 0.6) is 0 Å². The van der Waals surface area contributed by atoms with Crippen molar-refractivity contribution in [3.8, 4) is 27.9 Å². The molecule has 5 aromatic rings. The van der Waals surface area contributed by atoms with Gasteiger partial charge in [0.1, 0.15) is 4.60 Å². The number of para-hydroxylation sites is 1. The average molecular weight is 491 g/mol. The number of rotatable bonds is 5. The molecule has 0 radical (unpaired) electrons. The summed E-state index contributed by atoms with van der Waals surface area (Å²) in [5.74, 6) is 0. The van der Waals surface area contributed by atoms with E-state index in [9.17, 15) is 0 Å². The number of allylic oxidation sites excluding steroid dienone is 2. The molecule has 0 atom stereocenters. The second-order valence-corrected chi connectivity index (χ2v) is 8.74. The maximum absolute atomic E-state index is 4.51. The quantitative estimate of drug-likeness (QED) is 0.178. The molecule has 0 amide bonds. The van der Waals surface area contributed by atoms with Gasteiger partial charge < -0.3 is 4.57 Å². The molecule has 0 bridgehead atoms. The predicted octanol–water partition coefficient (Wildman–Crippen LogP) is 8.63. The van der Waals surface area contributed by atoms with Crippen molar-refractivity contribution in [2.24, 2.45) is 0 Å². The Morgan fingerprint density at radius 2 is 1.55 bits per heavy atom. The van der Waals surface area contributed by atoms with Crippen LogP contribution in [0.25, 0.3) is 44.9 Å². The van der Waals surface area contributed by atoms with Gasteiger partial charge in [0.2, 0.25) is 0 Å². The first-order valence-electron chi connectivity index (χ1n) is 10.9. The third-order valence-corrected chi connectivity index (χ3v) is 6.39. The van der Waals surface area contributed by atoms with Crippen molar-refractivity contribution in [1.82, 2.24) is 9.55 Å². The van der Waals surface area contributed by atoms with Crippen LogP contribution in [0.3, 0.4) is 0 Å². The molecule has 0 saturated carbocycles. The van der Waals surface area contributed by atoms with Crippen LogP contribution in [-0.4, -0.2) is 9.55 Å². The van der Waals surface area contributed by atoms with Crippen LogP contribution in [0.15, 0.2) is 114 Å². The van der Waals surface area contributed by atoms with Gasteiger partial charge in [0.25, 0.3) is 0 Å². The summed E-state index contributed by atoms with van der Waals surface area (Å²) < 4.78 is 3.14. The highest BCUT2D eigenvalue weighted by atomic mass is 79.9. The molecule has 0 saturated heterocycles. The van der Waals surface area contributed by atoms with Crippen molar-refractivity contribution in [2.45, 2.75) is 6.92 Å². The van der Waals surface area contributed by atoms with Crippen molar-refractivity contribution < 1.29 is 0 Å². The Kier molecular flexibility index (Phi) is 5.80. The topological polar surface area (TPSA) is 17.8 Å². The summed E-state index contributed by atoms with van der Waals surface area (Å²) >= 11 is 3.53. The van der Waals surface area contributed by atoms with E-state index in [0.717, 1.165) is 27.0 Å². The van der Waals surface area contributed by atoms with Gasteiger partial charge in [-0.25, -0.2) is 4.98 Å². The van der Waals surface area contributed by atoms with Gasteiger partial charge in [-0.3, -0.25) is 0 Å². The Bertz CT molecular complexity index is 1480. The van der Waals surface area contributed by atoms with Gasteiger partial charge in [-0.2, -0.15) is 0 Å². The Balaban J connectivity index is 1.64. The lowest BCUT2D eigenvalue weighted by Gasteiger charge is -2.13. The molecule has 2 aromatic heterocycles. The van der Waals surface area contributed by atoms with E-state index >= 15 is 0 Å². The molecule has 0 unspecified atom stereocenters. The number of aryl methyl sites for hydroxylation is 1. The summed E-state index contributed by atoms with van der Waals surface area (Å²) in [4.78, 5) is 4.51. The van der Waals surface area contributed by atoms with Gasteiger partial charge >= 0.3 is 0 Å². The molecule has 0 fully saturated rings. The molecule has 0 aliphatic rings. The fourth-order valence-corrected chi connectivity index (χ4v) is 4.70. The summed E-state index contributed by atoms with van der Waals surface area (Å²) in [7, 11) is 0. The monoisotopic (exact) mass is 490 g/mol. The average Bonchev–Trinajstić information content (AvgIpc) is 3.15. The second-order valence-electron chi connectivity index (χ2n) is 7.92. The van der Waals surface area contributed by atoms with Crippen molar-refractivity contribution in [3.05, 3.63) is 126 Å². The highest BCUT2D eigenvalue weighted by molar-refractivity contribution is 9.10. The van der Waals surface area contributed by atoms with Crippen molar-refractivity contribution in [1.29, 1.82) is 0 Å². The van der Waals surface area contributed by atoms with Crippen molar-refractivity contribution in [2.75, 3.05) is 0 Å². The number of pyridine rings is 1. The summed E-state index contributed by atoms with van der Waals surface area (Å²) in [6.07, 6.45) is 7.87. The maximum atomic E-state index is 4.51. The van der Waals surface area contributed by atoms with Crippen molar-refractivity contribution >= 4 is 32.9 Å². The summed E-state index contributed by atoms with van der Waals surface area (Å²) in [6.45, 7) is 6.02. The third-order valence-electron chi connectivity index (χ3n) is 5.96. The molecular weight excluding hydrogens is 468 g/mol. The minimum absolute atomic E-state index is 0.828. The van der Waals surface area contributed by atoms with Gasteiger partial charge in [0.15, 0.2) is 0 Å². The molecule has 160 valence electrons. The zero-order valence-electron chi connectivity index (χ0n) is 18.4. The fourth-order valence-electron chi connectivity index (χ4n) is 4.36. The van der Waals surface area contributed by atoms with Gasteiger partial charge in [0, 0.05) is 28.5 Å². The van der Waals surface area contributed by atoms with Crippen molar-refractivity contribution in [3.63, 3.8) is 0 Å². The Morgan fingerprint density at radius 3 is 2.30 bits per heavy atom. The smallest absolute Gasteiger partial charge is 0.106 e. The van der Waals surface area contributed by atoms with Crippen LogP contribution >= 0.6 is 15.9 Å². The molecule has 3 aromatic carbocycles. The lowest BCUT2D eigenvalue weighted by molar-refractivity contribution is 1.10. The van der Waals surface area contributed by atoms with E-state index in [4.69, 9.17) is 0 Å². The zero-order valence-corrected chi connectivity index (χ0v) is 20.0. The van der Waals surface area contributed by atoms with E-state index in [2.05, 4.69) is 124 Å². The highest BCUT2D eigenvalue weighted by Crippen LogP contribution is 2.35. The molecule has 0 N–H and O–H groups in total. The number of fused-ring (bicyclic) bond motifs is 1. The lowest BCUT2D eigenvalue weighted by Crippen LogP contribution is -1.97. The van der Waals surface area contributed by atoms with Crippen LogP contribution < -0.4 is 0 Å². The molecule has 33 heavy (non-hydrogen) atoms. The normalized spacial score (nSPS) is 11.3. The minimum atomic E-state index is 0.828. The van der Waals surface area contributed by atoms with Gasteiger partial charge in [-0.05, 0) is 75.4 Å². The largest absolute Gasteiger partial charge is 0.310 e. The summed E-state index contributed by atoms with van der Waals surface area (Å²) in [6, 6.07) is 29.8. The first-order valence-corrected chi connectivity index (χ1v) is 11.7. The minimum Gasteiger partial charge on any atom is -0.310 e. The fraction of sp³-hybridized carbons (Fsp3) is 0.0333. The molecule has 5 rings (SSSR count). The SMILES string of the molecule is C=C/C=C\c1c(C)c2ccccc2n1-c1ccc(-c2cnc(Br)cc2-c2ccccc2)cc1. The molecule has 3 heteroatoms. The van der Waals surface area contributed by atoms with Gasteiger partial charge in [-0.15, -0.1) is 0 Å². The highest BCUT2D eigenvalue weighted by Gasteiger charge is 2.14. The van der Waals surface area contributed by atoms with E-state index in [1.165, 1.54) is 27.7 Å². The van der Waals surface area contributed by atoms with Crippen LogP contribution in [0, 0.1) is 6.92 Å². The predicted molar refractivity (Wildman–Crippen MR) is 144 cm³/mol. The number of halogens is 1. The van der Waals surface area contributed by atoms with E-state index in [1.807, 2.05) is 24.4 Å². The molecular formula is C30H23BrN2. The van der Waals surface area contributed by atoms with Gasteiger partial charge in [0.05, 0.1) is 5.52 Å². The molecule has 0 aliphatic carbocycles. The third kappa shape index (κ3) is 3.96. The molecule has 0 spiro atoms. The number of hydrogen-bond acceptors (Lipinski definition) is 1. The first-order chi connectivity index (χ1) is 16.2. The molecule has 0 aliphatic heterocycles. The summed E-state index contributed by atoms with van der Waals surface area (Å²) in [5, 5.41) is 1.26. The lowest BCUT2D eigenvalue weighted by atomic mass is 9.96. The first kappa shape index (κ1) is 21.2. The van der Waals surface area contributed by atoms with E-state index in [0.29, 0.717) is 0 Å². The molecule has 2 nitrogen and oxygen atoms in total. The second kappa shape index (κ2) is 9.05. The Hall–Kier alpha value is -3.69. The number of nitrogens with zero attached hydrogens (tertiary/aromatic N) is 2. The van der Waals surface area contributed by atoms with E-state index < -0.39 is 0 Å². The van der Waals surface area contributed by atoms with Crippen LogP contribution in [-0.2, 0) is 0 Å². The van der Waals surface area contributed by atoms with Crippen LogP contribution in [0.2, 0.25) is 0 Å². The van der Waals surface area contributed by atoms with Gasteiger partial charge in [-0.1, -0.05) is 79.4 Å². The number of aromatic nitrogens is 2. The molecule has 2 heterocycles.